The summed E-state index contributed by atoms with van der Waals surface area (Å²) in [5, 5.41) is 7.92. The van der Waals surface area contributed by atoms with Crippen molar-refractivity contribution in [2.75, 3.05) is 6.54 Å². The van der Waals surface area contributed by atoms with Gasteiger partial charge < -0.3 is 15.2 Å². The third kappa shape index (κ3) is 2.63. The van der Waals surface area contributed by atoms with E-state index in [0.717, 1.165) is 44.6 Å². The number of nitrogens with two attached hydrogens (primary N) is 1. The molecule has 1 aliphatic carbocycles. The molecule has 1 amide bonds. The highest BCUT2D eigenvalue weighted by Crippen LogP contribution is 2.29. The summed E-state index contributed by atoms with van der Waals surface area (Å²) in [4.78, 5) is 14.3. The first-order valence-corrected chi connectivity index (χ1v) is 7.10. The van der Waals surface area contributed by atoms with Crippen LogP contribution in [0.4, 0.5) is 0 Å². The van der Waals surface area contributed by atoms with Crippen molar-refractivity contribution in [2.24, 2.45) is 5.73 Å². The van der Waals surface area contributed by atoms with E-state index in [9.17, 15) is 4.79 Å². The van der Waals surface area contributed by atoms with Crippen LogP contribution in [0.15, 0.2) is 6.33 Å². The molecule has 1 aromatic rings. The highest BCUT2D eigenvalue weighted by Gasteiger charge is 2.32. The highest BCUT2D eigenvalue weighted by atomic mass is 16.2. The van der Waals surface area contributed by atoms with Gasteiger partial charge >= 0.3 is 0 Å². The molecule has 2 aliphatic rings. The molecular weight excluding hydrogens is 242 g/mol. The van der Waals surface area contributed by atoms with Crippen LogP contribution in [0.1, 0.15) is 44.3 Å². The molecule has 3 rings (SSSR count). The summed E-state index contributed by atoms with van der Waals surface area (Å²) >= 11 is 0. The van der Waals surface area contributed by atoms with Crippen LogP contribution in [0.3, 0.4) is 0 Å². The van der Waals surface area contributed by atoms with Crippen molar-refractivity contribution >= 4 is 5.91 Å². The first-order chi connectivity index (χ1) is 9.16. The number of nitrogens with zero attached hydrogens (tertiary/aromatic N) is 4. The van der Waals surface area contributed by atoms with E-state index in [2.05, 4.69) is 10.2 Å². The van der Waals surface area contributed by atoms with Gasteiger partial charge in [-0.05, 0) is 12.8 Å². The second-order valence-electron chi connectivity index (χ2n) is 5.86. The number of carbonyl (C=O) groups excluding carboxylic acids is 1. The van der Waals surface area contributed by atoms with Gasteiger partial charge in [-0.25, -0.2) is 0 Å². The van der Waals surface area contributed by atoms with Crippen LogP contribution < -0.4 is 5.73 Å². The summed E-state index contributed by atoms with van der Waals surface area (Å²) in [6.07, 6.45) is 7.70. The predicted octanol–water partition coefficient (Wildman–Crippen LogP) is 0.672. The number of rotatable bonds is 2. The molecule has 0 bridgehead atoms. The minimum absolute atomic E-state index is 0.165. The Kier molecular flexibility index (Phi) is 3.26. The van der Waals surface area contributed by atoms with Gasteiger partial charge in [-0.2, -0.15) is 0 Å². The number of carbonyl (C=O) groups is 1. The maximum absolute atomic E-state index is 12.4. The topological polar surface area (TPSA) is 77.0 Å². The third-order valence-corrected chi connectivity index (χ3v) is 4.34. The van der Waals surface area contributed by atoms with Gasteiger partial charge in [-0.15, -0.1) is 10.2 Å². The lowest BCUT2D eigenvalue weighted by Crippen LogP contribution is -2.48. The fourth-order valence-corrected chi connectivity index (χ4v) is 3.12. The summed E-state index contributed by atoms with van der Waals surface area (Å²) in [7, 11) is 0. The molecule has 1 fully saturated rings. The Morgan fingerprint density at radius 2 is 2.11 bits per heavy atom. The fourth-order valence-electron chi connectivity index (χ4n) is 3.12. The number of amides is 1. The standard InChI is InChI=1S/C13H21N5O/c14-13(4-2-1-3-5-13)8-12(19)17-6-7-18-10-15-16-11(18)9-17/h10H,1-9,14H2. The molecule has 0 saturated heterocycles. The van der Waals surface area contributed by atoms with Gasteiger partial charge in [-0.3, -0.25) is 4.79 Å². The van der Waals surface area contributed by atoms with E-state index >= 15 is 0 Å². The number of fused-ring (bicyclic) bond motifs is 1. The minimum atomic E-state index is -0.277. The normalized spacial score (nSPS) is 22.1. The van der Waals surface area contributed by atoms with Gasteiger partial charge in [0.05, 0.1) is 6.54 Å². The van der Waals surface area contributed by atoms with Crippen LogP contribution in [-0.2, 0) is 17.9 Å². The zero-order chi connectivity index (χ0) is 13.3. The van der Waals surface area contributed by atoms with Crippen molar-refractivity contribution in [1.82, 2.24) is 19.7 Å². The predicted molar refractivity (Wildman–Crippen MR) is 70.1 cm³/mol. The quantitative estimate of drug-likeness (QED) is 0.851. The minimum Gasteiger partial charge on any atom is -0.333 e. The van der Waals surface area contributed by atoms with Gasteiger partial charge in [0, 0.05) is 25.0 Å². The summed E-state index contributed by atoms with van der Waals surface area (Å²) in [5.41, 5.74) is 6.08. The number of hydrogen-bond acceptors (Lipinski definition) is 4. The van der Waals surface area contributed by atoms with Gasteiger partial charge in [-0.1, -0.05) is 19.3 Å². The summed E-state index contributed by atoms with van der Waals surface area (Å²) in [6, 6.07) is 0. The molecule has 2 heterocycles. The van der Waals surface area contributed by atoms with Crippen LogP contribution >= 0.6 is 0 Å². The Morgan fingerprint density at radius 1 is 1.32 bits per heavy atom. The third-order valence-electron chi connectivity index (χ3n) is 4.34. The van der Waals surface area contributed by atoms with Gasteiger partial charge in [0.25, 0.3) is 0 Å². The van der Waals surface area contributed by atoms with Crippen molar-refractivity contribution in [2.45, 2.75) is 57.2 Å². The Morgan fingerprint density at radius 3 is 2.89 bits per heavy atom. The molecule has 1 aliphatic heterocycles. The summed E-state index contributed by atoms with van der Waals surface area (Å²) in [5.74, 6) is 1.04. The molecule has 104 valence electrons. The molecule has 1 aromatic heterocycles. The van der Waals surface area contributed by atoms with Crippen molar-refractivity contribution in [3.05, 3.63) is 12.2 Å². The van der Waals surface area contributed by atoms with Crippen LogP contribution in [0, 0.1) is 0 Å². The maximum atomic E-state index is 12.4. The van der Waals surface area contributed by atoms with Crippen molar-refractivity contribution in [1.29, 1.82) is 0 Å². The van der Waals surface area contributed by atoms with E-state index in [1.165, 1.54) is 6.42 Å². The smallest absolute Gasteiger partial charge is 0.224 e. The second kappa shape index (κ2) is 4.92. The molecular formula is C13H21N5O. The maximum Gasteiger partial charge on any atom is 0.224 e. The van der Waals surface area contributed by atoms with Crippen molar-refractivity contribution < 1.29 is 4.79 Å². The van der Waals surface area contributed by atoms with Crippen LogP contribution in [-0.4, -0.2) is 37.7 Å². The van der Waals surface area contributed by atoms with Crippen LogP contribution in [0.2, 0.25) is 0 Å². The molecule has 0 spiro atoms. The molecule has 0 unspecified atom stereocenters. The van der Waals surface area contributed by atoms with E-state index in [-0.39, 0.29) is 11.4 Å². The molecule has 19 heavy (non-hydrogen) atoms. The molecule has 0 aromatic carbocycles. The van der Waals surface area contributed by atoms with Gasteiger partial charge in [0.1, 0.15) is 6.33 Å². The Hall–Kier alpha value is -1.43. The molecule has 0 radical (unpaired) electrons. The lowest BCUT2D eigenvalue weighted by atomic mass is 9.80. The first-order valence-electron chi connectivity index (χ1n) is 7.10. The lowest BCUT2D eigenvalue weighted by molar-refractivity contribution is -0.134. The zero-order valence-electron chi connectivity index (χ0n) is 11.2. The SMILES string of the molecule is NC1(CC(=O)N2CCn3cnnc3C2)CCCCC1. The van der Waals surface area contributed by atoms with E-state index in [4.69, 9.17) is 5.73 Å². The lowest BCUT2D eigenvalue weighted by Gasteiger charge is -2.35. The van der Waals surface area contributed by atoms with E-state index in [1.54, 1.807) is 6.33 Å². The Labute approximate surface area is 113 Å². The molecule has 2 N–H and O–H groups in total. The molecule has 0 atom stereocenters. The number of aromatic nitrogens is 3. The zero-order valence-corrected chi connectivity index (χ0v) is 11.2. The van der Waals surface area contributed by atoms with Crippen molar-refractivity contribution in [3.63, 3.8) is 0 Å². The van der Waals surface area contributed by atoms with Crippen LogP contribution in [0.5, 0.6) is 0 Å². The molecule has 6 heteroatoms. The Balaban J connectivity index is 1.62. The average molecular weight is 263 g/mol. The largest absolute Gasteiger partial charge is 0.333 e. The van der Waals surface area contributed by atoms with E-state index in [1.807, 2.05) is 9.47 Å². The van der Waals surface area contributed by atoms with Gasteiger partial charge in [0.15, 0.2) is 5.82 Å². The Bertz CT molecular complexity index is 463. The van der Waals surface area contributed by atoms with Crippen LogP contribution in [0.25, 0.3) is 0 Å². The highest BCUT2D eigenvalue weighted by molar-refractivity contribution is 5.77. The average Bonchev–Trinajstić information content (AvgIpc) is 2.86. The number of hydrogen-bond donors (Lipinski definition) is 1. The summed E-state index contributed by atoms with van der Waals surface area (Å²) < 4.78 is 2.00. The van der Waals surface area contributed by atoms with E-state index in [0.29, 0.717) is 13.0 Å². The monoisotopic (exact) mass is 263 g/mol. The van der Waals surface area contributed by atoms with E-state index < -0.39 is 0 Å². The fraction of sp³-hybridized carbons (Fsp3) is 0.769. The molecule has 1 saturated carbocycles. The van der Waals surface area contributed by atoms with Gasteiger partial charge in [0.2, 0.25) is 5.91 Å². The second-order valence-corrected chi connectivity index (χ2v) is 5.86. The molecule has 6 nitrogen and oxygen atoms in total. The summed E-state index contributed by atoms with van der Waals surface area (Å²) in [6.45, 7) is 2.08. The van der Waals surface area contributed by atoms with Crippen molar-refractivity contribution in [3.8, 4) is 0 Å². The first kappa shape index (κ1) is 12.6.